The van der Waals surface area contributed by atoms with Crippen molar-refractivity contribution in [3.63, 3.8) is 0 Å². The number of halogens is 1. The number of hydrogen-bond acceptors (Lipinski definition) is 6. The molecule has 0 bridgehead atoms. The Balaban J connectivity index is 1.81. The lowest BCUT2D eigenvalue weighted by atomic mass is 10.1. The first-order chi connectivity index (χ1) is 12.9. The zero-order valence-corrected chi connectivity index (χ0v) is 15.5. The van der Waals surface area contributed by atoms with E-state index >= 15 is 0 Å². The lowest BCUT2D eigenvalue weighted by Gasteiger charge is -2.27. The number of hydrogen-bond donors (Lipinski definition) is 0. The number of nitro groups is 1. The molecule has 0 amide bonds. The molecule has 1 fully saturated rings. The molecular weight excluding hydrogens is 353 g/mol. The summed E-state index contributed by atoms with van der Waals surface area (Å²) in [5.74, 6) is 0.793. The predicted molar refractivity (Wildman–Crippen MR) is 102 cm³/mol. The lowest BCUT2D eigenvalue weighted by Crippen LogP contribution is -2.35. The maximum atomic E-state index is 13.4. The van der Waals surface area contributed by atoms with Gasteiger partial charge in [0.2, 0.25) is 0 Å². The molecular formula is C19H22FN3O4. The molecule has 2 aromatic rings. The van der Waals surface area contributed by atoms with Crippen molar-refractivity contribution in [1.29, 1.82) is 0 Å². The molecule has 0 saturated carbocycles. The van der Waals surface area contributed by atoms with Gasteiger partial charge in [-0.3, -0.25) is 10.1 Å². The van der Waals surface area contributed by atoms with Crippen LogP contribution in [0.15, 0.2) is 36.4 Å². The monoisotopic (exact) mass is 375 g/mol. The van der Waals surface area contributed by atoms with Gasteiger partial charge in [0, 0.05) is 50.1 Å². The number of likely N-dealkylation sites (N-methyl/N-ethyl adjacent to an activating group) is 1. The van der Waals surface area contributed by atoms with Crippen molar-refractivity contribution in [2.24, 2.45) is 0 Å². The number of benzene rings is 2. The Hall–Kier alpha value is -3.03. The van der Waals surface area contributed by atoms with E-state index in [9.17, 15) is 14.5 Å². The Morgan fingerprint density at radius 2 is 1.85 bits per heavy atom. The smallest absolute Gasteiger partial charge is 0.295 e. The van der Waals surface area contributed by atoms with Crippen LogP contribution in [0.25, 0.3) is 0 Å². The van der Waals surface area contributed by atoms with Gasteiger partial charge in [-0.1, -0.05) is 0 Å². The second-order valence-electron chi connectivity index (χ2n) is 6.46. The number of ether oxygens (including phenoxy) is 2. The van der Waals surface area contributed by atoms with Crippen molar-refractivity contribution >= 4 is 17.1 Å². The Bertz CT molecular complexity index is 823. The van der Waals surface area contributed by atoms with E-state index in [4.69, 9.17) is 9.47 Å². The van der Waals surface area contributed by atoms with Gasteiger partial charge in [-0.2, -0.15) is 0 Å². The number of anilines is 2. The fourth-order valence-corrected chi connectivity index (χ4v) is 3.41. The normalized spacial score (nSPS) is 16.3. The van der Waals surface area contributed by atoms with E-state index in [0.29, 0.717) is 23.7 Å². The van der Waals surface area contributed by atoms with Crippen molar-refractivity contribution < 1.29 is 18.8 Å². The molecule has 7 nitrogen and oxygen atoms in total. The summed E-state index contributed by atoms with van der Waals surface area (Å²) in [6.07, 6.45) is 0.824. The Morgan fingerprint density at radius 3 is 2.44 bits per heavy atom. The molecule has 144 valence electrons. The van der Waals surface area contributed by atoms with Crippen LogP contribution in [0.5, 0.6) is 11.5 Å². The van der Waals surface area contributed by atoms with Crippen molar-refractivity contribution in [2.45, 2.75) is 12.5 Å². The highest BCUT2D eigenvalue weighted by atomic mass is 19.1. The molecule has 1 heterocycles. The zero-order chi connectivity index (χ0) is 19.6. The van der Waals surface area contributed by atoms with Gasteiger partial charge in [-0.05, 0) is 18.6 Å². The van der Waals surface area contributed by atoms with Crippen LogP contribution in [0, 0.1) is 15.9 Å². The Morgan fingerprint density at radius 1 is 1.19 bits per heavy atom. The first-order valence-electron chi connectivity index (χ1n) is 8.57. The quantitative estimate of drug-likeness (QED) is 0.569. The summed E-state index contributed by atoms with van der Waals surface area (Å²) in [4.78, 5) is 14.8. The van der Waals surface area contributed by atoms with Gasteiger partial charge in [-0.25, -0.2) is 4.39 Å². The summed E-state index contributed by atoms with van der Waals surface area (Å²) in [6.45, 7) is 1.47. The van der Waals surface area contributed by atoms with Gasteiger partial charge in [0.25, 0.3) is 5.69 Å². The fraction of sp³-hybridized carbons (Fsp3) is 0.368. The zero-order valence-electron chi connectivity index (χ0n) is 15.5. The van der Waals surface area contributed by atoms with Crippen LogP contribution in [-0.2, 0) is 0 Å². The van der Waals surface area contributed by atoms with E-state index in [0.717, 1.165) is 24.7 Å². The SMILES string of the molecule is COc1cc(OC)cc(N2CCC(N(C)c3ccc(F)cc3[N+](=O)[O-])C2)c1. The number of methoxy groups -OCH3 is 2. The molecule has 0 aliphatic carbocycles. The minimum atomic E-state index is -0.615. The molecule has 0 radical (unpaired) electrons. The first kappa shape index (κ1) is 18.8. The Labute approximate surface area is 157 Å². The van der Waals surface area contributed by atoms with Crippen LogP contribution >= 0.6 is 0 Å². The largest absolute Gasteiger partial charge is 0.497 e. The number of nitrogens with zero attached hydrogens (tertiary/aromatic N) is 3. The van der Waals surface area contributed by atoms with Crippen LogP contribution in [0.3, 0.4) is 0 Å². The molecule has 1 aliphatic heterocycles. The van der Waals surface area contributed by atoms with Gasteiger partial charge in [0.15, 0.2) is 0 Å². The number of nitro benzene ring substituents is 1. The van der Waals surface area contributed by atoms with Gasteiger partial charge in [0.05, 0.1) is 25.2 Å². The molecule has 2 aromatic carbocycles. The second kappa shape index (κ2) is 7.69. The average molecular weight is 375 g/mol. The molecule has 8 heteroatoms. The topological polar surface area (TPSA) is 68.1 Å². The van der Waals surface area contributed by atoms with E-state index in [-0.39, 0.29) is 11.7 Å². The molecule has 0 N–H and O–H groups in total. The third kappa shape index (κ3) is 3.89. The predicted octanol–water partition coefficient (Wildman–Crippen LogP) is 3.47. The maximum Gasteiger partial charge on any atom is 0.295 e. The highest BCUT2D eigenvalue weighted by Gasteiger charge is 2.30. The molecule has 1 atom stereocenters. The van der Waals surface area contributed by atoms with Gasteiger partial charge in [0.1, 0.15) is 23.0 Å². The van der Waals surface area contributed by atoms with Gasteiger partial charge in [-0.15, -0.1) is 0 Å². The van der Waals surface area contributed by atoms with E-state index in [1.54, 1.807) is 21.3 Å². The summed E-state index contributed by atoms with van der Waals surface area (Å²) in [6, 6.07) is 9.42. The Kier molecular flexibility index (Phi) is 5.34. The molecule has 1 aliphatic rings. The van der Waals surface area contributed by atoms with Crippen LogP contribution in [-0.4, -0.2) is 45.3 Å². The van der Waals surface area contributed by atoms with Gasteiger partial charge < -0.3 is 19.3 Å². The molecule has 3 rings (SSSR count). The minimum absolute atomic E-state index is 0.0614. The average Bonchev–Trinajstić information content (AvgIpc) is 3.17. The maximum absolute atomic E-state index is 13.4. The minimum Gasteiger partial charge on any atom is -0.497 e. The summed E-state index contributed by atoms with van der Waals surface area (Å²) >= 11 is 0. The fourth-order valence-electron chi connectivity index (χ4n) is 3.41. The van der Waals surface area contributed by atoms with E-state index in [2.05, 4.69) is 4.90 Å². The summed E-state index contributed by atoms with van der Waals surface area (Å²) in [5.41, 5.74) is 1.16. The van der Waals surface area contributed by atoms with Crippen molar-refractivity contribution in [3.8, 4) is 11.5 Å². The van der Waals surface area contributed by atoms with Crippen LogP contribution < -0.4 is 19.3 Å². The van der Waals surface area contributed by atoms with E-state index in [1.807, 2.05) is 23.1 Å². The lowest BCUT2D eigenvalue weighted by molar-refractivity contribution is -0.384. The summed E-state index contributed by atoms with van der Waals surface area (Å²) in [7, 11) is 5.01. The molecule has 1 saturated heterocycles. The van der Waals surface area contributed by atoms with Crippen molar-refractivity contribution in [2.75, 3.05) is 44.2 Å². The number of rotatable bonds is 6. The van der Waals surface area contributed by atoms with Crippen LogP contribution in [0.4, 0.5) is 21.5 Å². The van der Waals surface area contributed by atoms with E-state index < -0.39 is 10.7 Å². The standard InChI is InChI=1S/C19H22FN3O4/c1-21(18-5-4-13(20)8-19(18)23(24)25)14-6-7-22(12-14)15-9-16(26-2)11-17(10-15)27-3/h4-5,8-11,14H,6-7,12H2,1-3H3. The third-order valence-corrected chi connectivity index (χ3v) is 4.93. The highest BCUT2D eigenvalue weighted by molar-refractivity contribution is 5.64. The third-order valence-electron chi connectivity index (χ3n) is 4.93. The molecule has 0 aromatic heterocycles. The van der Waals surface area contributed by atoms with Gasteiger partial charge >= 0.3 is 0 Å². The van der Waals surface area contributed by atoms with Crippen molar-refractivity contribution in [3.05, 3.63) is 52.3 Å². The van der Waals surface area contributed by atoms with Crippen LogP contribution in [0.1, 0.15) is 6.42 Å². The first-order valence-corrected chi connectivity index (χ1v) is 8.57. The molecule has 1 unspecified atom stereocenters. The second-order valence-corrected chi connectivity index (χ2v) is 6.46. The molecule has 27 heavy (non-hydrogen) atoms. The van der Waals surface area contributed by atoms with Crippen molar-refractivity contribution in [1.82, 2.24) is 0 Å². The van der Waals surface area contributed by atoms with E-state index in [1.165, 1.54) is 12.1 Å². The summed E-state index contributed by atoms with van der Waals surface area (Å²) < 4.78 is 24.1. The summed E-state index contributed by atoms with van der Waals surface area (Å²) in [5, 5.41) is 11.3. The van der Waals surface area contributed by atoms with Crippen LogP contribution in [0.2, 0.25) is 0 Å². The highest BCUT2D eigenvalue weighted by Crippen LogP contribution is 2.34. The molecule has 0 spiro atoms.